The summed E-state index contributed by atoms with van der Waals surface area (Å²) < 4.78 is 1.78. The molecule has 0 radical (unpaired) electrons. The van der Waals surface area contributed by atoms with E-state index in [1.807, 2.05) is 20.0 Å². The molecule has 5 nitrogen and oxygen atoms in total. The molecule has 19 heavy (non-hydrogen) atoms. The zero-order chi connectivity index (χ0) is 13.8. The topological polar surface area (TPSA) is 55.6 Å². The SMILES string of the molecule is CCCNC(c1ccnc(C)n1)c1c(Cl)cnn1C. The summed E-state index contributed by atoms with van der Waals surface area (Å²) in [4.78, 5) is 8.63. The predicted octanol–water partition coefficient (Wildman–Crippen LogP) is 2.26. The number of hydrogen-bond donors (Lipinski definition) is 1. The van der Waals surface area contributed by atoms with Gasteiger partial charge in [0.2, 0.25) is 0 Å². The van der Waals surface area contributed by atoms with E-state index in [1.54, 1.807) is 17.1 Å². The van der Waals surface area contributed by atoms with Crippen LogP contribution < -0.4 is 5.32 Å². The molecule has 102 valence electrons. The second-order valence-electron chi connectivity index (χ2n) is 4.42. The third-order valence-electron chi connectivity index (χ3n) is 2.90. The Kier molecular flexibility index (Phi) is 4.50. The minimum absolute atomic E-state index is 0.0679. The van der Waals surface area contributed by atoms with Crippen molar-refractivity contribution in [1.82, 2.24) is 25.1 Å². The molecular formula is C13H18ClN5. The number of nitrogens with one attached hydrogen (secondary N) is 1. The first-order valence-corrected chi connectivity index (χ1v) is 6.71. The number of rotatable bonds is 5. The van der Waals surface area contributed by atoms with Crippen molar-refractivity contribution in [3.8, 4) is 0 Å². The standard InChI is InChI=1S/C13H18ClN5/c1-4-6-16-12(11-5-7-15-9(2)18-11)13-10(14)8-17-19(13)3/h5,7-8,12,16H,4,6H2,1-3H3. The highest BCUT2D eigenvalue weighted by molar-refractivity contribution is 6.31. The van der Waals surface area contributed by atoms with Gasteiger partial charge in [0, 0.05) is 13.2 Å². The Morgan fingerprint density at radius 1 is 1.47 bits per heavy atom. The Morgan fingerprint density at radius 2 is 2.26 bits per heavy atom. The van der Waals surface area contributed by atoms with Gasteiger partial charge in [-0.15, -0.1) is 0 Å². The normalized spacial score (nSPS) is 12.6. The van der Waals surface area contributed by atoms with Gasteiger partial charge in [-0.1, -0.05) is 18.5 Å². The van der Waals surface area contributed by atoms with Gasteiger partial charge in [-0.25, -0.2) is 9.97 Å². The van der Waals surface area contributed by atoms with E-state index in [9.17, 15) is 0 Å². The smallest absolute Gasteiger partial charge is 0.125 e. The monoisotopic (exact) mass is 279 g/mol. The van der Waals surface area contributed by atoms with Crippen LogP contribution in [0.2, 0.25) is 5.02 Å². The van der Waals surface area contributed by atoms with Crippen LogP contribution in [0.15, 0.2) is 18.5 Å². The first kappa shape index (κ1) is 14.0. The molecule has 0 saturated carbocycles. The first-order valence-electron chi connectivity index (χ1n) is 6.33. The van der Waals surface area contributed by atoms with Crippen molar-refractivity contribution in [2.45, 2.75) is 26.3 Å². The molecule has 2 rings (SSSR count). The lowest BCUT2D eigenvalue weighted by Crippen LogP contribution is -2.26. The van der Waals surface area contributed by atoms with Gasteiger partial charge in [0.15, 0.2) is 0 Å². The molecule has 0 fully saturated rings. The Balaban J connectivity index is 2.41. The Bertz CT molecular complexity index is 532. The summed E-state index contributed by atoms with van der Waals surface area (Å²) in [6.45, 7) is 4.89. The number of aryl methyl sites for hydroxylation is 2. The zero-order valence-corrected chi connectivity index (χ0v) is 12.1. The Morgan fingerprint density at radius 3 is 2.84 bits per heavy atom. The van der Waals surface area contributed by atoms with Crippen LogP contribution in [-0.4, -0.2) is 26.3 Å². The fourth-order valence-corrected chi connectivity index (χ4v) is 2.29. The van der Waals surface area contributed by atoms with Crippen LogP contribution in [0, 0.1) is 6.92 Å². The van der Waals surface area contributed by atoms with Crippen molar-refractivity contribution in [3.63, 3.8) is 0 Å². The molecule has 0 amide bonds. The summed E-state index contributed by atoms with van der Waals surface area (Å²) in [5.41, 5.74) is 1.83. The third-order valence-corrected chi connectivity index (χ3v) is 3.19. The van der Waals surface area contributed by atoms with Crippen molar-refractivity contribution in [2.75, 3.05) is 6.54 Å². The molecule has 0 spiro atoms. The van der Waals surface area contributed by atoms with Crippen molar-refractivity contribution < 1.29 is 0 Å². The lowest BCUT2D eigenvalue weighted by molar-refractivity contribution is 0.542. The van der Waals surface area contributed by atoms with Gasteiger partial charge in [0.1, 0.15) is 5.82 Å². The lowest BCUT2D eigenvalue weighted by atomic mass is 10.1. The molecule has 0 aliphatic carbocycles. The molecule has 1 atom stereocenters. The first-order chi connectivity index (χ1) is 9.13. The van der Waals surface area contributed by atoms with Crippen LogP contribution in [0.5, 0.6) is 0 Å². The average molecular weight is 280 g/mol. The third kappa shape index (κ3) is 3.11. The van der Waals surface area contributed by atoms with E-state index in [-0.39, 0.29) is 6.04 Å². The second kappa shape index (κ2) is 6.12. The van der Waals surface area contributed by atoms with Gasteiger partial charge >= 0.3 is 0 Å². The van der Waals surface area contributed by atoms with Crippen molar-refractivity contribution >= 4 is 11.6 Å². The summed E-state index contributed by atoms with van der Waals surface area (Å²) in [6, 6.07) is 1.84. The summed E-state index contributed by atoms with van der Waals surface area (Å²) in [6.07, 6.45) is 4.46. The quantitative estimate of drug-likeness (QED) is 0.912. The lowest BCUT2D eigenvalue weighted by Gasteiger charge is -2.19. The van der Waals surface area contributed by atoms with E-state index in [1.165, 1.54) is 0 Å². The highest BCUT2D eigenvalue weighted by Gasteiger charge is 2.21. The molecule has 1 unspecified atom stereocenters. The number of aromatic nitrogens is 4. The maximum Gasteiger partial charge on any atom is 0.125 e. The fourth-order valence-electron chi connectivity index (χ4n) is 2.01. The van der Waals surface area contributed by atoms with Gasteiger partial charge in [-0.2, -0.15) is 5.10 Å². The minimum atomic E-state index is -0.0679. The van der Waals surface area contributed by atoms with Gasteiger partial charge in [-0.05, 0) is 26.0 Å². The molecule has 1 N–H and O–H groups in total. The molecule has 2 heterocycles. The molecule has 0 bridgehead atoms. The summed E-state index contributed by atoms with van der Waals surface area (Å²) in [5.74, 6) is 0.749. The highest BCUT2D eigenvalue weighted by Crippen LogP contribution is 2.26. The predicted molar refractivity (Wildman–Crippen MR) is 75.1 cm³/mol. The van der Waals surface area contributed by atoms with Crippen molar-refractivity contribution in [3.05, 3.63) is 40.7 Å². The summed E-state index contributed by atoms with van der Waals surface area (Å²) >= 11 is 6.24. The highest BCUT2D eigenvalue weighted by atomic mass is 35.5. The second-order valence-corrected chi connectivity index (χ2v) is 4.82. The molecule has 2 aromatic heterocycles. The maximum absolute atomic E-state index is 6.24. The number of halogens is 1. The van der Waals surface area contributed by atoms with E-state index < -0.39 is 0 Å². The number of nitrogens with zero attached hydrogens (tertiary/aromatic N) is 4. The maximum atomic E-state index is 6.24. The van der Waals surface area contributed by atoms with Crippen LogP contribution in [0.3, 0.4) is 0 Å². The average Bonchev–Trinajstić information content (AvgIpc) is 2.71. The molecule has 6 heteroatoms. The van der Waals surface area contributed by atoms with E-state index in [0.717, 1.165) is 30.2 Å². The van der Waals surface area contributed by atoms with Gasteiger partial charge in [0.25, 0.3) is 0 Å². The Labute approximate surface area is 118 Å². The fraction of sp³-hybridized carbons (Fsp3) is 0.462. The number of hydrogen-bond acceptors (Lipinski definition) is 4. The molecular weight excluding hydrogens is 262 g/mol. The minimum Gasteiger partial charge on any atom is -0.304 e. The molecule has 2 aromatic rings. The van der Waals surface area contributed by atoms with Crippen LogP contribution in [0.25, 0.3) is 0 Å². The molecule has 0 saturated heterocycles. The van der Waals surface area contributed by atoms with Crippen LogP contribution in [-0.2, 0) is 7.05 Å². The van der Waals surface area contributed by atoms with Crippen molar-refractivity contribution in [1.29, 1.82) is 0 Å². The Hall–Kier alpha value is -1.46. The summed E-state index contributed by atoms with van der Waals surface area (Å²) in [5, 5.41) is 8.30. The largest absolute Gasteiger partial charge is 0.304 e. The van der Waals surface area contributed by atoms with Crippen LogP contribution in [0.1, 0.15) is 36.6 Å². The zero-order valence-electron chi connectivity index (χ0n) is 11.4. The summed E-state index contributed by atoms with van der Waals surface area (Å²) in [7, 11) is 1.88. The van der Waals surface area contributed by atoms with E-state index in [2.05, 4.69) is 27.3 Å². The van der Waals surface area contributed by atoms with E-state index >= 15 is 0 Å². The van der Waals surface area contributed by atoms with Gasteiger partial charge in [0.05, 0.1) is 28.6 Å². The van der Waals surface area contributed by atoms with Crippen molar-refractivity contribution in [2.24, 2.45) is 7.05 Å². The molecule has 0 aliphatic heterocycles. The molecule has 0 aliphatic rings. The van der Waals surface area contributed by atoms with Gasteiger partial charge < -0.3 is 5.32 Å². The van der Waals surface area contributed by atoms with E-state index in [4.69, 9.17) is 11.6 Å². The van der Waals surface area contributed by atoms with E-state index in [0.29, 0.717) is 5.02 Å². The molecule has 0 aromatic carbocycles. The van der Waals surface area contributed by atoms with Crippen LogP contribution >= 0.6 is 11.6 Å². The van der Waals surface area contributed by atoms with Crippen LogP contribution in [0.4, 0.5) is 0 Å². The van der Waals surface area contributed by atoms with Gasteiger partial charge in [-0.3, -0.25) is 4.68 Å².